The molecule has 0 radical (unpaired) electrons. The molecule has 1 aromatic rings. The second kappa shape index (κ2) is 6.86. The topological polar surface area (TPSA) is 38.3 Å². The average Bonchev–Trinajstić information content (AvgIpc) is 2.75. The van der Waals surface area contributed by atoms with Gasteiger partial charge in [0.2, 0.25) is 0 Å². The van der Waals surface area contributed by atoms with Crippen LogP contribution >= 0.6 is 15.9 Å². The summed E-state index contributed by atoms with van der Waals surface area (Å²) in [6.07, 6.45) is 3.87. The monoisotopic (exact) mass is 345 g/mol. The highest BCUT2D eigenvalue weighted by Crippen LogP contribution is 2.30. The van der Waals surface area contributed by atoms with Gasteiger partial charge in [-0.15, -0.1) is 0 Å². The molecule has 19 heavy (non-hydrogen) atoms. The predicted octanol–water partition coefficient (Wildman–Crippen LogP) is 2.50. The third-order valence-corrected chi connectivity index (χ3v) is 5.29. The standard InChI is InChI=1S/C14H20BrNO2S/c1-10(19(2)17)5-6-16-9-13-8-11-7-12(15)3-4-14(11)18-13/h3-4,7,10,13,16H,5-6,8-9H2,1-2H3. The molecule has 0 amide bonds. The number of hydrogen-bond donors (Lipinski definition) is 1. The zero-order chi connectivity index (χ0) is 13.8. The molecule has 3 nitrogen and oxygen atoms in total. The van der Waals surface area contributed by atoms with E-state index < -0.39 is 10.8 Å². The van der Waals surface area contributed by atoms with Crippen LogP contribution in [0.5, 0.6) is 5.75 Å². The fraction of sp³-hybridized carbons (Fsp3) is 0.571. The summed E-state index contributed by atoms with van der Waals surface area (Å²) in [6.45, 7) is 3.76. The number of benzene rings is 1. The van der Waals surface area contributed by atoms with Crippen LogP contribution in [-0.2, 0) is 17.2 Å². The van der Waals surface area contributed by atoms with Crippen LogP contribution < -0.4 is 10.1 Å². The van der Waals surface area contributed by atoms with Gasteiger partial charge in [-0.1, -0.05) is 22.9 Å². The quantitative estimate of drug-likeness (QED) is 0.805. The molecule has 2 rings (SSSR count). The van der Waals surface area contributed by atoms with E-state index >= 15 is 0 Å². The van der Waals surface area contributed by atoms with E-state index in [9.17, 15) is 4.21 Å². The van der Waals surface area contributed by atoms with Gasteiger partial charge in [-0.2, -0.15) is 0 Å². The molecular weight excluding hydrogens is 326 g/mol. The molecule has 1 aromatic carbocycles. The van der Waals surface area contributed by atoms with Crippen molar-refractivity contribution in [3.8, 4) is 5.75 Å². The van der Waals surface area contributed by atoms with E-state index in [1.807, 2.05) is 19.1 Å². The van der Waals surface area contributed by atoms with E-state index in [0.29, 0.717) is 0 Å². The molecular formula is C14H20BrNO2S. The van der Waals surface area contributed by atoms with Crippen molar-refractivity contribution >= 4 is 26.7 Å². The van der Waals surface area contributed by atoms with Gasteiger partial charge in [-0.05, 0) is 36.7 Å². The third-order valence-electron chi connectivity index (χ3n) is 3.43. The van der Waals surface area contributed by atoms with E-state index in [0.717, 1.165) is 36.2 Å². The van der Waals surface area contributed by atoms with Crippen LogP contribution in [0, 0.1) is 0 Å². The van der Waals surface area contributed by atoms with Gasteiger partial charge in [0.1, 0.15) is 11.9 Å². The van der Waals surface area contributed by atoms with Gasteiger partial charge >= 0.3 is 0 Å². The first-order valence-corrected chi connectivity index (χ1v) is 8.95. The van der Waals surface area contributed by atoms with Crippen molar-refractivity contribution in [2.45, 2.75) is 31.1 Å². The van der Waals surface area contributed by atoms with Crippen molar-refractivity contribution in [2.24, 2.45) is 0 Å². The molecule has 0 spiro atoms. The summed E-state index contributed by atoms with van der Waals surface area (Å²) in [4.78, 5) is 0. The molecule has 1 heterocycles. The van der Waals surface area contributed by atoms with Crippen molar-refractivity contribution < 1.29 is 8.95 Å². The smallest absolute Gasteiger partial charge is 0.123 e. The lowest BCUT2D eigenvalue weighted by Gasteiger charge is -2.13. The summed E-state index contributed by atoms with van der Waals surface area (Å²) in [5.74, 6) is 0.998. The molecule has 3 atom stereocenters. The summed E-state index contributed by atoms with van der Waals surface area (Å²) in [6, 6.07) is 6.15. The second-order valence-electron chi connectivity index (χ2n) is 5.00. The minimum Gasteiger partial charge on any atom is -0.488 e. The highest BCUT2D eigenvalue weighted by Gasteiger charge is 2.22. The van der Waals surface area contributed by atoms with Crippen molar-refractivity contribution in [1.29, 1.82) is 0 Å². The Morgan fingerprint density at radius 3 is 3.11 bits per heavy atom. The van der Waals surface area contributed by atoms with E-state index in [4.69, 9.17) is 4.74 Å². The Morgan fingerprint density at radius 1 is 1.58 bits per heavy atom. The van der Waals surface area contributed by atoms with Crippen LogP contribution in [0.2, 0.25) is 0 Å². The molecule has 0 bridgehead atoms. The molecule has 5 heteroatoms. The number of fused-ring (bicyclic) bond motifs is 1. The minimum atomic E-state index is -0.727. The summed E-state index contributed by atoms with van der Waals surface area (Å²) in [5.41, 5.74) is 1.27. The van der Waals surface area contributed by atoms with Crippen LogP contribution in [0.25, 0.3) is 0 Å². The molecule has 0 aliphatic carbocycles. The lowest BCUT2D eigenvalue weighted by molar-refractivity contribution is 0.227. The fourth-order valence-electron chi connectivity index (χ4n) is 2.14. The van der Waals surface area contributed by atoms with E-state index in [-0.39, 0.29) is 11.4 Å². The highest BCUT2D eigenvalue weighted by atomic mass is 79.9. The normalized spacial score (nSPS) is 20.7. The number of halogens is 1. The van der Waals surface area contributed by atoms with Gasteiger partial charge in [0, 0.05) is 39.7 Å². The van der Waals surface area contributed by atoms with Gasteiger partial charge in [0.15, 0.2) is 0 Å². The Hall–Kier alpha value is -0.390. The zero-order valence-electron chi connectivity index (χ0n) is 11.3. The maximum absolute atomic E-state index is 11.2. The Morgan fingerprint density at radius 2 is 2.37 bits per heavy atom. The summed E-state index contributed by atoms with van der Waals surface area (Å²) < 4.78 is 18.2. The average molecular weight is 346 g/mol. The molecule has 0 aromatic heterocycles. The Bertz CT molecular complexity index is 467. The highest BCUT2D eigenvalue weighted by molar-refractivity contribution is 9.10. The van der Waals surface area contributed by atoms with Crippen molar-refractivity contribution in [2.75, 3.05) is 19.3 Å². The molecule has 0 saturated carbocycles. The number of hydrogen-bond acceptors (Lipinski definition) is 3. The Labute approximate surface area is 125 Å². The zero-order valence-corrected chi connectivity index (χ0v) is 13.7. The lowest BCUT2D eigenvalue weighted by atomic mass is 10.1. The second-order valence-corrected chi connectivity index (χ2v) is 7.72. The van der Waals surface area contributed by atoms with E-state index in [1.165, 1.54) is 5.56 Å². The molecule has 3 unspecified atom stereocenters. The van der Waals surface area contributed by atoms with E-state index in [2.05, 4.69) is 27.3 Å². The molecule has 0 fully saturated rings. The van der Waals surface area contributed by atoms with E-state index in [1.54, 1.807) is 6.26 Å². The number of ether oxygens (including phenoxy) is 1. The van der Waals surface area contributed by atoms with Crippen LogP contribution in [0.1, 0.15) is 18.9 Å². The number of nitrogens with one attached hydrogen (secondary N) is 1. The van der Waals surface area contributed by atoms with Gasteiger partial charge < -0.3 is 10.1 Å². The van der Waals surface area contributed by atoms with Crippen LogP contribution in [0.4, 0.5) is 0 Å². The maximum atomic E-state index is 11.2. The summed E-state index contributed by atoms with van der Waals surface area (Å²) in [7, 11) is -0.727. The third kappa shape index (κ3) is 4.29. The SMILES string of the molecule is CC(CCNCC1Cc2cc(Br)ccc2O1)S(C)=O. The first-order valence-electron chi connectivity index (χ1n) is 6.54. The van der Waals surface area contributed by atoms with Crippen molar-refractivity contribution in [3.63, 3.8) is 0 Å². The largest absolute Gasteiger partial charge is 0.488 e. The lowest BCUT2D eigenvalue weighted by Crippen LogP contribution is -2.32. The fourth-order valence-corrected chi connectivity index (χ4v) is 3.00. The first-order chi connectivity index (χ1) is 9.06. The van der Waals surface area contributed by atoms with Gasteiger partial charge in [-0.25, -0.2) is 0 Å². The van der Waals surface area contributed by atoms with Gasteiger partial charge in [0.25, 0.3) is 0 Å². The molecule has 0 saturated heterocycles. The molecule has 1 aliphatic heterocycles. The van der Waals surface area contributed by atoms with Crippen LogP contribution in [0.3, 0.4) is 0 Å². The predicted molar refractivity (Wildman–Crippen MR) is 83.3 cm³/mol. The Kier molecular flexibility index (Phi) is 5.42. The molecule has 1 aliphatic rings. The van der Waals surface area contributed by atoms with Gasteiger partial charge in [0.05, 0.1) is 0 Å². The van der Waals surface area contributed by atoms with Crippen LogP contribution in [-0.4, -0.2) is 34.9 Å². The molecule has 106 valence electrons. The first kappa shape index (κ1) is 15.0. The van der Waals surface area contributed by atoms with Gasteiger partial charge in [-0.3, -0.25) is 4.21 Å². The number of rotatable bonds is 6. The summed E-state index contributed by atoms with van der Waals surface area (Å²) in [5, 5.41) is 3.65. The molecule has 1 N–H and O–H groups in total. The van der Waals surface area contributed by atoms with Crippen molar-refractivity contribution in [3.05, 3.63) is 28.2 Å². The minimum absolute atomic E-state index is 0.215. The maximum Gasteiger partial charge on any atom is 0.123 e. The summed E-state index contributed by atoms with van der Waals surface area (Å²) >= 11 is 3.48. The van der Waals surface area contributed by atoms with Crippen molar-refractivity contribution in [1.82, 2.24) is 5.32 Å². The Balaban J connectivity index is 1.71. The van der Waals surface area contributed by atoms with Crippen LogP contribution in [0.15, 0.2) is 22.7 Å².